The summed E-state index contributed by atoms with van der Waals surface area (Å²) in [4.78, 5) is 25.4. The molecule has 0 radical (unpaired) electrons. The van der Waals surface area contributed by atoms with Crippen LogP contribution in [0, 0.1) is 20.8 Å². The van der Waals surface area contributed by atoms with Gasteiger partial charge in [-0.25, -0.2) is 0 Å². The summed E-state index contributed by atoms with van der Waals surface area (Å²) in [7, 11) is 1.54. The molecule has 8 nitrogen and oxygen atoms in total. The zero-order valence-electron chi connectivity index (χ0n) is 13.4. The molecule has 124 valence electrons. The van der Waals surface area contributed by atoms with Crippen LogP contribution in [0.3, 0.4) is 0 Å². The summed E-state index contributed by atoms with van der Waals surface area (Å²) >= 11 is 6.05. The van der Waals surface area contributed by atoms with Gasteiger partial charge >= 0.3 is 0 Å². The number of anilines is 1. The quantitative estimate of drug-likeness (QED) is 0.892. The van der Waals surface area contributed by atoms with E-state index in [0.717, 1.165) is 0 Å². The number of amides is 2. The molecule has 2 heterocycles. The van der Waals surface area contributed by atoms with E-state index in [9.17, 15) is 9.59 Å². The topological polar surface area (TPSA) is 93.3 Å². The van der Waals surface area contributed by atoms with Gasteiger partial charge in [-0.3, -0.25) is 14.3 Å². The molecule has 0 aliphatic rings. The predicted octanol–water partition coefficient (Wildman–Crippen LogP) is 1.55. The van der Waals surface area contributed by atoms with Gasteiger partial charge in [-0.2, -0.15) is 5.10 Å². The van der Waals surface area contributed by atoms with Crippen LogP contribution in [0.15, 0.2) is 10.6 Å². The number of carbonyl (C=O) groups excluding carboxylic acids is 2. The van der Waals surface area contributed by atoms with E-state index in [4.69, 9.17) is 16.1 Å². The maximum atomic E-state index is 12.2. The van der Waals surface area contributed by atoms with E-state index in [1.807, 2.05) is 0 Å². The lowest BCUT2D eigenvalue weighted by molar-refractivity contribution is -0.134. The van der Waals surface area contributed by atoms with Crippen molar-refractivity contribution in [1.29, 1.82) is 0 Å². The third-order valence-corrected chi connectivity index (χ3v) is 3.83. The van der Waals surface area contributed by atoms with E-state index in [0.29, 0.717) is 28.0 Å². The van der Waals surface area contributed by atoms with Crippen molar-refractivity contribution in [3.05, 3.63) is 28.2 Å². The molecule has 9 heteroatoms. The molecule has 0 atom stereocenters. The molecule has 0 aromatic carbocycles. The minimum atomic E-state index is -0.361. The van der Waals surface area contributed by atoms with Crippen LogP contribution < -0.4 is 5.32 Å². The number of rotatable bonds is 5. The van der Waals surface area contributed by atoms with E-state index in [2.05, 4.69) is 15.6 Å². The van der Waals surface area contributed by atoms with Crippen molar-refractivity contribution in [2.75, 3.05) is 18.9 Å². The first-order valence-corrected chi connectivity index (χ1v) is 7.32. The zero-order valence-corrected chi connectivity index (χ0v) is 14.1. The minimum Gasteiger partial charge on any atom is -0.360 e. The Labute approximate surface area is 138 Å². The lowest BCUT2D eigenvalue weighted by Crippen LogP contribution is -2.37. The maximum absolute atomic E-state index is 12.2. The van der Waals surface area contributed by atoms with Crippen LogP contribution in [-0.2, 0) is 16.1 Å². The normalized spacial score (nSPS) is 10.7. The largest absolute Gasteiger partial charge is 0.360 e. The number of hydrogen-bond acceptors (Lipinski definition) is 5. The van der Waals surface area contributed by atoms with Crippen LogP contribution in [0.5, 0.6) is 0 Å². The Bertz CT molecular complexity index is 737. The van der Waals surface area contributed by atoms with Crippen molar-refractivity contribution >= 4 is 29.2 Å². The van der Waals surface area contributed by atoms with E-state index >= 15 is 0 Å². The van der Waals surface area contributed by atoms with Gasteiger partial charge in [0.15, 0.2) is 5.82 Å². The summed E-state index contributed by atoms with van der Waals surface area (Å²) in [6, 6.07) is 1.59. The molecule has 0 fully saturated rings. The summed E-state index contributed by atoms with van der Waals surface area (Å²) in [6.07, 6.45) is 0. The molecule has 0 aliphatic heterocycles. The van der Waals surface area contributed by atoms with Gasteiger partial charge in [-0.05, 0) is 20.8 Å². The number of likely N-dealkylation sites (N-methyl/N-ethyl adjacent to an activating group) is 1. The SMILES string of the molecule is Cc1cc(NC(=O)CN(C)C(=O)Cn2nc(C)c(Cl)c2C)no1. The zero-order chi connectivity index (χ0) is 17.1. The summed E-state index contributed by atoms with van der Waals surface area (Å²) in [6.45, 7) is 5.20. The van der Waals surface area contributed by atoms with Crippen LogP contribution in [0.4, 0.5) is 5.82 Å². The number of nitrogens with one attached hydrogen (secondary N) is 1. The van der Waals surface area contributed by atoms with Crippen LogP contribution >= 0.6 is 11.6 Å². The fourth-order valence-electron chi connectivity index (χ4n) is 1.99. The highest BCUT2D eigenvalue weighted by Crippen LogP contribution is 2.18. The Hall–Kier alpha value is -2.35. The highest BCUT2D eigenvalue weighted by molar-refractivity contribution is 6.31. The highest BCUT2D eigenvalue weighted by Gasteiger charge is 2.17. The molecule has 0 unspecified atom stereocenters. The smallest absolute Gasteiger partial charge is 0.245 e. The lowest BCUT2D eigenvalue weighted by Gasteiger charge is -2.16. The number of halogens is 1. The molecule has 2 rings (SSSR count). The molecule has 1 N–H and O–H groups in total. The molecule has 0 aliphatic carbocycles. The summed E-state index contributed by atoms with van der Waals surface area (Å²) in [5.74, 6) is 0.295. The summed E-state index contributed by atoms with van der Waals surface area (Å²) in [5, 5.41) is 11.0. The van der Waals surface area contributed by atoms with Crippen LogP contribution in [-0.4, -0.2) is 45.2 Å². The second-order valence-corrected chi connectivity index (χ2v) is 5.64. The fourth-order valence-corrected chi connectivity index (χ4v) is 2.12. The summed E-state index contributed by atoms with van der Waals surface area (Å²) < 4.78 is 6.38. The van der Waals surface area contributed by atoms with Gasteiger partial charge in [0, 0.05) is 13.1 Å². The van der Waals surface area contributed by atoms with Crippen LogP contribution in [0.25, 0.3) is 0 Å². The standard InChI is InChI=1S/C14H18ClN5O3/c1-8-5-11(18-23-8)16-12(21)6-19(4)13(22)7-20-10(3)14(15)9(2)17-20/h5H,6-7H2,1-4H3,(H,16,18,21). The van der Waals surface area contributed by atoms with E-state index in [1.54, 1.807) is 33.9 Å². The fraction of sp³-hybridized carbons (Fsp3) is 0.429. The minimum absolute atomic E-state index is 0.0201. The Kier molecular flexibility index (Phi) is 5.05. The van der Waals surface area contributed by atoms with Gasteiger partial charge in [-0.1, -0.05) is 16.8 Å². The van der Waals surface area contributed by atoms with Crippen molar-refractivity contribution in [3.8, 4) is 0 Å². The van der Waals surface area contributed by atoms with Gasteiger partial charge < -0.3 is 14.7 Å². The average molecular weight is 340 g/mol. The first-order chi connectivity index (χ1) is 10.8. The number of aromatic nitrogens is 3. The van der Waals surface area contributed by atoms with Crippen LogP contribution in [0.2, 0.25) is 5.02 Å². The van der Waals surface area contributed by atoms with E-state index < -0.39 is 0 Å². The summed E-state index contributed by atoms with van der Waals surface area (Å²) in [5.41, 5.74) is 1.38. The Balaban J connectivity index is 1.91. The molecule has 0 bridgehead atoms. The first kappa shape index (κ1) is 17.0. The van der Waals surface area contributed by atoms with Crippen molar-refractivity contribution in [2.24, 2.45) is 0 Å². The van der Waals surface area contributed by atoms with Gasteiger partial charge in [0.1, 0.15) is 12.3 Å². The molecular formula is C14H18ClN5O3. The van der Waals surface area contributed by atoms with Gasteiger partial charge in [-0.15, -0.1) is 0 Å². The van der Waals surface area contributed by atoms with Crippen molar-refractivity contribution in [3.63, 3.8) is 0 Å². The average Bonchev–Trinajstić information content (AvgIpc) is 2.98. The van der Waals surface area contributed by atoms with Gasteiger partial charge in [0.05, 0.1) is 23.0 Å². The number of carbonyl (C=O) groups is 2. The lowest BCUT2D eigenvalue weighted by atomic mass is 10.4. The van der Waals surface area contributed by atoms with E-state index in [-0.39, 0.29) is 24.9 Å². The molecule has 0 saturated carbocycles. The van der Waals surface area contributed by atoms with Gasteiger partial charge in [0.25, 0.3) is 0 Å². The molecule has 0 spiro atoms. The predicted molar refractivity (Wildman–Crippen MR) is 84.2 cm³/mol. The first-order valence-electron chi connectivity index (χ1n) is 6.94. The maximum Gasteiger partial charge on any atom is 0.245 e. The number of nitrogens with zero attached hydrogens (tertiary/aromatic N) is 4. The number of hydrogen-bond donors (Lipinski definition) is 1. The van der Waals surface area contributed by atoms with Crippen LogP contribution in [0.1, 0.15) is 17.1 Å². The molecule has 2 amide bonds. The second-order valence-electron chi connectivity index (χ2n) is 5.26. The molecule has 2 aromatic heterocycles. The van der Waals surface area contributed by atoms with Gasteiger partial charge in [0.2, 0.25) is 11.8 Å². The molecule has 0 saturated heterocycles. The highest BCUT2D eigenvalue weighted by atomic mass is 35.5. The second kappa shape index (κ2) is 6.82. The Morgan fingerprint density at radius 3 is 2.61 bits per heavy atom. The van der Waals surface area contributed by atoms with Crippen molar-refractivity contribution < 1.29 is 14.1 Å². The molecule has 2 aromatic rings. The van der Waals surface area contributed by atoms with E-state index in [1.165, 1.54) is 9.58 Å². The monoisotopic (exact) mass is 339 g/mol. The van der Waals surface area contributed by atoms with Crippen molar-refractivity contribution in [1.82, 2.24) is 19.8 Å². The van der Waals surface area contributed by atoms with Crippen molar-refractivity contribution in [2.45, 2.75) is 27.3 Å². The Morgan fingerprint density at radius 1 is 1.39 bits per heavy atom. The molecular weight excluding hydrogens is 322 g/mol. The molecule has 23 heavy (non-hydrogen) atoms. The number of aryl methyl sites for hydroxylation is 2. The third-order valence-electron chi connectivity index (χ3n) is 3.28. The third kappa shape index (κ3) is 4.10. The Morgan fingerprint density at radius 2 is 2.09 bits per heavy atom.